The number of carbonyl (C=O) groups is 1. The van der Waals surface area contributed by atoms with Crippen molar-refractivity contribution in [2.75, 3.05) is 12.3 Å². The molecule has 2 fully saturated rings. The summed E-state index contributed by atoms with van der Waals surface area (Å²) in [4.78, 5) is 10.5. The molecule has 140 valence electrons. The fourth-order valence-electron chi connectivity index (χ4n) is 3.71. The molecule has 0 spiro atoms. The van der Waals surface area contributed by atoms with Crippen molar-refractivity contribution in [3.05, 3.63) is 12.2 Å². The quantitative estimate of drug-likeness (QED) is 0.330. The highest BCUT2D eigenvalue weighted by Gasteiger charge is 2.48. The summed E-state index contributed by atoms with van der Waals surface area (Å²) in [5.74, 6) is 2.03. The van der Waals surface area contributed by atoms with Crippen LogP contribution in [-0.2, 0) is 19.6 Å². The van der Waals surface area contributed by atoms with Crippen molar-refractivity contribution in [2.24, 2.45) is 11.8 Å². The Labute approximate surface area is 150 Å². The van der Waals surface area contributed by atoms with Gasteiger partial charge in [0, 0.05) is 25.3 Å². The number of hydrogen-bond donors (Lipinski definition) is 2. The smallest absolute Gasteiger partial charge is 0.303 e. The first kappa shape index (κ1) is 20.0. The molecule has 7 heteroatoms. The number of unbranched alkanes of at least 4 members (excludes halogenated alkanes) is 1. The van der Waals surface area contributed by atoms with E-state index in [0.29, 0.717) is 18.9 Å². The van der Waals surface area contributed by atoms with Gasteiger partial charge in [0.1, 0.15) is 0 Å². The summed E-state index contributed by atoms with van der Waals surface area (Å²) in [5, 5.41) is 8.62. The fourth-order valence-corrected chi connectivity index (χ4v) is 4.69. The average Bonchev–Trinajstić information content (AvgIpc) is 3.15. The van der Waals surface area contributed by atoms with Crippen molar-refractivity contribution in [2.45, 2.75) is 57.2 Å². The highest BCUT2D eigenvalue weighted by molar-refractivity contribution is 7.89. The predicted molar refractivity (Wildman–Crippen MR) is 95.4 cm³/mol. The van der Waals surface area contributed by atoms with E-state index in [9.17, 15) is 13.2 Å². The van der Waals surface area contributed by atoms with Gasteiger partial charge in [-0.1, -0.05) is 12.2 Å². The van der Waals surface area contributed by atoms with Crippen molar-refractivity contribution >= 4 is 16.0 Å². The standard InChI is InChI=1S/C18H27NO5S/c1-2-3-12-25(22,23)19-13-15-14(16-10-11-17(15)24-16)8-6-4-5-7-9-18(20)21/h1,4,6,14-17,19H,3,5,7-13H2,(H,20,21)/b6-4-/t14-,15+,16-,17+/m1/s1. The third-order valence-corrected chi connectivity index (χ3v) is 6.33. The van der Waals surface area contributed by atoms with Crippen LogP contribution in [0.15, 0.2) is 12.2 Å². The Balaban J connectivity index is 1.81. The maximum Gasteiger partial charge on any atom is 0.303 e. The lowest BCUT2D eigenvalue weighted by Crippen LogP contribution is -2.38. The minimum absolute atomic E-state index is 0.0423. The Kier molecular flexibility index (Phi) is 7.48. The van der Waals surface area contributed by atoms with Crippen LogP contribution in [0.4, 0.5) is 0 Å². The zero-order valence-corrected chi connectivity index (χ0v) is 15.2. The van der Waals surface area contributed by atoms with Gasteiger partial charge in [-0.25, -0.2) is 13.1 Å². The van der Waals surface area contributed by atoms with Gasteiger partial charge in [-0.2, -0.15) is 0 Å². The van der Waals surface area contributed by atoms with Gasteiger partial charge in [0.25, 0.3) is 0 Å². The van der Waals surface area contributed by atoms with Crippen molar-refractivity contribution in [3.8, 4) is 12.3 Å². The second-order valence-corrected chi connectivity index (χ2v) is 8.66. The summed E-state index contributed by atoms with van der Waals surface area (Å²) >= 11 is 0. The minimum Gasteiger partial charge on any atom is -0.481 e. The second-order valence-electron chi connectivity index (χ2n) is 6.73. The molecule has 2 bridgehead atoms. The van der Waals surface area contributed by atoms with Crippen LogP contribution in [0.25, 0.3) is 0 Å². The maximum atomic E-state index is 11.9. The van der Waals surface area contributed by atoms with E-state index in [0.717, 1.165) is 25.7 Å². The van der Waals surface area contributed by atoms with Crippen molar-refractivity contribution in [3.63, 3.8) is 0 Å². The molecule has 2 saturated heterocycles. The molecule has 0 aromatic carbocycles. The van der Waals surface area contributed by atoms with Crippen LogP contribution in [0.2, 0.25) is 0 Å². The molecule has 0 saturated carbocycles. The molecular weight excluding hydrogens is 342 g/mol. The van der Waals surface area contributed by atoms with Crippen LogP contribution >= 0.6 is 0 Å². The Morgan fingerprint density at radius 1 is 1.28 bits per heavy atom. The number of aliphatic carboxylic acids is 1. The molecule has 6 nitrogen and oxygen atoms in total. The Bertz CT molecular complexity index is 622. The average molecular weight is 369 g/mol. The minimum atomic E-state index is -3.33. The Hall–Kier alpha value is -1.36. The molecule has 2 N–H and O–H groups in total. The summed E-state index contributed by atoms with van der Waals surface area (Å²) in [6, 6.07) is 0. The molecule has 2 rings (SSSR count). The number of allylic oxidation sites excluding steroid dienone is 2. The zero-order valence-electron chi connectivity index (χ0n) is 14.4. The predicted octanol–water partition coefficient (Wildman–Crippen LogP) is 1.92. The van der Waals surface area contributed by atoms with Gasteiger partial charge < -0.3 is 9.84 Å². The lowest BCUT2D eigenvalue weighted by atomic mass is 9.77. The monoisotopic (exact) mass is 369 g/mol. The number of ether oxygens (including phenoxy) is 1. The van der Waals surface area contributed by atoms with Gasteiger partial charge >= 0.3 is 5.97 Å². The molecule has 0 unspecified atom stereocenters. The van der Waals surface area contributed by atoms with Crippen molar-refractivity contribution in [1.82, 2.24) is 4.72 Å². The number of rotatable bonds is 11. The third kappa shape index (κ3) is 6.14. The molecule has 4 atom stereocenters. The lowest BCUT2D eigenvalue weighted by Gasteiger charge is -2.27. The summed E-state index contributed by atoms with van der Waals surface area (Å²) in [6.45, 7) is 0.394. The number of carboxylic acid groups (broad SMARTS) is 1. The number of fused-ring (bicyclic) bond motifs is 2. The summed E-state index contributed by atoms with van der Waals surface area (Å²) in [7, 11) is -3.33. The van der Waals surface area contributed by atoms with Gasteiger partial charge in [-0.05, 0) is 38.0 Å². The van der Waals surface area contributed by atoms with Gasteiger partial charge in [-0.3, -0.25) is 4.79 Å². The molecule has 0 amide bonds. The second kappa shape index (κ2) is 9.37. The van der Waals surface area contributed by atoms with Crippen LogP contribution in [0, 0.1) is 24.2 Å². The van der Waals surface area contributed by atoms with E-state index in [-0.39, 0.29) is 36.7 Å². The molecule has 2 aliphatic rings. The van der Waals surface area contributed by atoms with Crippen LogP contribution in [0.5, 0.6) is 0 Å². The Morgan fingerprint density at radius 3 is 2.68 bits per heavy atom. The third-order valence-electron chi connectivity index (χ3n) is 4.98. The van der Waals surface area contributed by atoms with Crippen LogP contribution in [0.3, 0.4) is 0 Å². The van der Waals surface area contributed by atoms with E-state index >= 15 is 0 Å². The number of terminal acetylenes is 1. The largest absolute Gasteiger partial charge is 0.481 e. The first-order valence-corrected chi connectivity index (χ1v) is 10.5. The SMILES string of the molecule is C#CCCS(=O)(=O)NC[C@H]1[C@@H](C/C=C\CCCC(=O)O)[C@H]2CC[C@@H]1O2. The zero-order chi connectivity index (χ0) is 18.3. The van der Waals surface area contributed by atoms with E-state index in [1.165, 1.54) is 0 Å². The number of nitrogens with one attached hydrogen (secondary N) is 1. The fraction of sp³-hybridized carbons (Fsp3) is 0.722. The van der Waals surface area contributed by atoms with E-state index in [1.54, 1.807) is 0 Å². The Morgan fingerprint density at radius 2 is 2.00 bits per heavy atom. The van der Waals surface area contributed by atoms with Gasteiger partial charge in [0.2, 0.25) is 10.0 Å². The van der Waals surface area contributed by atoms with Crippen LogP contribution in [0.1, 0.15) is 44.9 Å². The van der Waals surface area contributed by atoms with Crippen molar-refractivity contribution in [1.29, 1.82) is 0 Å². The molecule has 0 aliphatic carbocycles. The first-order chi connectivity index (χ1) is 11.9. The summed E-state index contributed by atoms with van der Waals surface area (Å²) in [6.07, 6.45) is 14.2. The highest BCUT2D eigenvalue weighted by Crippen LogP contribution is 2.44. The van der Waals surface area contributed by atoms with E-state index in [4.69, 9.17) is 16.3 Å². The molecule has 0 aromatic rings. The van der Waals surface area contributed by atoms with E-state index in [2.05, 4.69) is 16.7 Å². The van der Waals surface area contributed by atoms with E-state index < -0.39 is 16.0 Å². The summed E-state index contributed by atoms with van der Waals surface area (Å²) < 4.78 is 32.5. The van der Waals surface area contributed by atoms with Gasteiger partial charge in [0.15, 0.2) is 0 Å². The van der Waals surface area contributed by atoms with Crippen LogP contribution < -0.4 is 4.72 Å². The topological polar surface area (TPSA) is 92.7 Å². The molecule has 0 aromatic heterocycles. The lowest BCUT2D eigenvalue weighted by molar-refractivity contribution is -0.137. The number of hydrogen-bond acceptors (Lipinski definition) is 4. The summed E-state index contributed by atoms with van der Waals surface area (Å²) in [5.41, 5.74) is 0. The molecular formula is C18H27NO5S. The number of carboxylic acids is 1. The first-order valence-electron chi connectivity index (χ1n) is 8.86. The molecule has 0 radical (unpaired) electrons. The van der Waals surface area contributed by atoms with Crippen molar-refractivity contribution < 1.29 is 23.1 Å². The highest BCUT2D eigenvalue weighted by atomic mass is 32.2. The van der Waals surface area contributed by atoms with Gasteiger partial charge in [0.05, 0.1) is 18.0 Å². The van der Waals surface area contributed by atoms with Gasteiger partial charge in [-0.15, -0.1) is 12.3 Å². The van der Waals surface area contributed by atoms with Crippen LogP contribution in [-0.4, -0.2) is 44.0 Å². The molecule has 2 heterocycles. The van der Waals surface area contributed by atoms with E-state index in [1.807, 2.05) is 6.08 Å². The molecule has 25 heavy (non-hydrogen) atoms. The maximum absolute atomic E-state index is 11.9. The number of sulfonamides is 1. The normalized spacial score (nSPS) is 28.4. The molecule has 2 aliphatic heterocycles.